The van der Waals surface area contributed by atoms with Crippen LogP contribution >= 0.6 is 0 Å². The highest BCUT2D eigenvalue weighted by atomic mass is 19.4. The van der Waals surface area contributed by atoms with Gasteiger partial charge >= 0.3 is 12.1 Å². The lowest BCUT2D eigenvalue weighted by molar-refractivity contribution is -0.192. The lowest BCUT2D eigenvalue weighted by Gasteiger charge is -2.16. The predicted molar refractivity (Wildman–Crippen MR) is 94.3 cm³/mol. The summed E-state index contributed by atoms with van der Waals surface area (Å²) in [5.41, 5.74) is 3.67. The SMILES string of the molecule is CN(C)C(=O)c1nn(C)c2c1CN(Cc1ccc(F)cc1)C2.O=C(O)C(F)(F)F. The normalized spacial score (nSPS) is 13.5. The van der Waals surface area contributed by atoms with Crippen molar-refractivity contribution < 1.29 is 32.3 Å². The quantitative estimate of drug-likeness (QED) is 0.778. The lowest BCUT2D eigenvalue weighted by Crippen LogP contribution is -2.24. The lowest BCUT2D eigenvalue weighted by atomic mass is 10.2. The van der Waals surface area contributed by atoms with E-state index < -0.39 is 12.1 Å². The van der Waals surface area contributed by atoms with E-state index in [1.54, 1.807) is 35.8 Å². The maximum absolute atomic E-state index is 13.0. The molecule has 1 aromatic carbocycles. The van der Waals surface area contributed by atoms with Gasteiger partial charge in [0.1, 0.15) is 5.82 Å². The van der Waals surface area contributed by atoms with Gasteiger partial charge in [-0.3, -0.25) is 14.4 Å². The van der Waals surface area contributed by atoms with Gasteiger partial charge in [0, 0.05) is 46.3 Å². The first-order valence-electron chi connectivity index (χ1n) is 8.43. The van der Waals surface area contributed by atoms with Crippen LogP contribution in [-0.4, -0.2) is 56.8 Å². The van der Waals surface area contributed by atoms with Crippen molar-refractivity contribution in [2.24, 2.45) is 7.05 Å². The van der Waals surface area contributed by atoms with Gasteiger partial charge in [0.25, 0.3) is 5.91 Å². The number of benzene rings is 1. The molecule has 0 unspecified atom stereocenters. The number of carboxylic acids is 1. The maximum atomic E-state index is 13.0. The first kappa shape index (κ1) is 22.3. The van der Waals surface area contributed by atoms with Gasteiger partial charge in [-0.1, -0.05) is 12.1 Å². The fourth-order valence-electron chi connectivity index (χ4n) is 2.80. The van der Waals surface area contributed by atoms with Gasteiger partial charge < -0.3 is 10.0 Å². The molecular formula is C18H20F4N4O3. The van der Waals surface area contributed by atoms with E-state index in [0.717, 1.165) is 29.9 Å². The van der Waals surface area contributed by atoms with E-state index in [1.807, 2.05) is 7.05 Å². The number of rotatable bonds is 3. The highest BCUT2D eigenvalue weighted by molar-refractivity contribution is 5.93. The van der Waals surface area contributed by atoms with E-state index in [1.165, 1.54) is 12.1 Å². The van der Waals surface area contributed by atoms with Gasteiger partial charge in [0.15, 0.2) is 5.69 Å². The molecule has 7 nitrogen and oxygen atoms in total. The zero-order valence-corrected chi connectivity index (χ0v) is 16.0. The molecule has 1 aliphatic rings. The number of aryl methyl sites for hydroxylation is 1. The summed E-state index contributed by atoms with van der Waals surface area (Å²) < 4.78 is 46.5. The monoisotopic (exact) mass is 416 g/mol. The summed E-state index contributed by atoms with van der Waals surface area (Å²) in [6.45, 7) is 2.16. The Morgan fingerprint density at radius 3 is 2.21 bits per heavy atom. The molecule has 0 saturated carbocycles. The molecule has 0 aliphatic carbocycles. The Hall–Kier alpha value is -2.95. The number of hydrogen-bond donors (Lipinski definition) is 1. The van der Waals surface area contributed by atoms with Crippen molar-refractivity contribution in [3.63, 3.8) is 0 Å². The van der Waals surface area contributed by atoms with E-state index >= 15 is 0 Å². The third-order valence-corrected chi connectivity index (χ3v) is 4.20. The van der Waals surface area contributed by atoms with Gasteiger partial charge in [-0.2, -0.15) is 18.3 Å². The average molecular weight is 416 g/mol. The molecular weight excluding hydrogens is 396 g/mol. The number of fused-ring (bicyclic) bond motifs is 1. The largest absolute Gasteiger partial charge is 0.490 e. The number of carboxylic acid groups (broad SMARTS) is 1. The third-order valence-electron chi connectivity index (χ3n) is 4.20. The highest BCUT2D eigenvalue weighted by Gasteiger charge is 2.38. The number of nitrogens with zero attached hydrogens (tertiary/aromatic N) is 4. The summed E-state index contributed by atoms with van der Waals surface area (Å²) in [6, 6.07) is 6.53. The van der Waals surface area contributed by atoms with Gasteiger partial charge in [-0.15, -0.1) is 0 Å². The number of alkyl halides is 3. The van der Waals surface area contributed by atoms with Crippen molar-refractivity contribution in [2.45, 2.75) is 25.8 Å². The van der Waals surface area contributed by atoms with E-state index in [-0.39, 0.29) is 11.7 Å². The first-order chi connectivity index (χ1) is 13.4. The van der Waals surface area contributed by atoms with Crippen LogP contribution in [0.1, 0.15) is 27.3 Å². The molecule has 29 heavy (non-hydrogen) atoms. The van der Waals surface area contributed by atoms with Crippen LogP contribution in [0.25, 0.3) is 0 Å². The molecule has 3 rings (SSSR count). The molecule has 158 valence electrons. The molecule has 1 N–H and O–H groups in total. The Morgan fingerprint density at radius 2 is 1.72 bits per heavy atom. The molecule has 0 spiro atoms. The number of carbonyl (C=O) groups is 2. The van der Waals surface area contributed by atoms with Gasteiger partial charge in [0.2, 0.25) is 0 Å². The van der Waals surface area contributed by atoms with Crippen LogP contribution < -0.4 is 0 Å². The van der Waals surface area contributed by atoms with Crippen LogP contribution in [0.5, 0.6) is 0 Å². The van der Waals surface area contributed by atoms with Crippen molar-refractivity contribution in [1.29, 1.82) is 0 Å². The first-order valence-corrected chi connectivity index (χ1v) is 8.43. The van der Waals surface area contributed by atoms with Gasteiger partial charge in [-0.25, -0.2) is 9.18 Å². The minimum atomic E-state index is -5.08. The smallest absolute Gasteiger partial charge is 0.475 e. The summed E-state index contributed by atoms with van der Waals surface area (Å²) >= 11 is 0. The van der Waals surface area contributed by atoms with Crippen molar-refractivity contribution in [1.82, 2.24) is 19.6 Å². The van der Waals surface area contributed by atoms with E-state index in [2.05, 4.69) is 10.00 Å². The minimum Gasteiger partial charge on any atom is -0.475 e. The summed E-state index contributed by atoms with van der Waals surface area (Å²) in [4.78, 5) is 24.9. The Kier molecular flexibility index (Phi) is 6.62. The minimum absolute atomic E-state index is 0.0690. The molecule has 0 bridgehead atoms. The van der Waals surface area contributed by atoms with Crippen LogP contribution in [0.2, 0.25) is 0 Å². The third kappa shape index (κ3) is 5.53. The van der Waals surface area contributed by atoms with Crippen LogP contribution in [-0.2, 0) is 31.5 Å². The second-order valence-corrected chi connectivity index (χ2v) is 6.67. The molecule has 2 heterocycles. The van der Waals surface area contributed by atoms with Crippen LogP contribution in [0.4, 0.5) is 17.6 Å². The second-order valence-electron chi connectivity index (χ2n) is 6.67. The topological polar surface area (TPSA) is 78.7 Å². The Labute approximate surface area is 164 Å². The number of aromatic nitrogens is 2. The van der Waals surface area contributed by atoms with E-state index in [4.69, 9.17) is 9.90 Å². The molecule has 2 aromatic rings. The molecule has 0 fully saturated rings. The van der Waals surface area contributed by atoms with Crippen molar-refractivity contribution in [3.05, 3.63) is 52.6 Å². The molecule has 0 atom stereocenters. The molecule has 0 radical (unpaired) electrons. The number of amides is 1. The Morgan fingerprint density at radius 1 is 1.17 bits per heavy atom. The summed E-state index contributed by atoms with van der Waals surface area (Å²) in [5, 5.41) is 11.5. The zero-order chi connectivity index (χ0) is 21.9. The molecule has 0 saturated heterocycles. The number of hydrogen-bond acceptors (Lipinski definition) is 4. The number of carbonyl (C=O) groups excluding carboxylic acids is 1. The van der Waals surface area contributed by atoms with Crippen LogP contribution in [0.3, 0.4) is 0 Å². The number of halogens is 4. The van der Waals surface area contributed by atoms with Crippen LogP contribution in [0.15, 0.2) is 24.3 Å². The summed E-state index contributed by atoms with van der Waals surface area (Å²) in [6.07, 6.45) is -5.08. The van der Waals surface area contributed by atoms with Crippen LogP contribution in [0, 0.1) is 5.82 Å². The molecule has 1 aromatic heterocycles. The van der Waals surface area contributed by atoms with Crippen molar-refractivity contribution in [2.75, 3.05) is 14.1 Å². The Bertz CT molecular complexity index is 892. The Balaban J connectivity index is 0.000000370. The molecule has 1 aliphatic heterocycles. The van der Waals surface area contributed by atoms with Gasteiger partial charge in [0.05, 0.1) is 5.69 Å². The van der Waals surface area contributed by atoms with Crippen molar-refractivity contribution >= 4 is 11.9 Å². The zero-order valence-electron chi connectivity index (χ0n) is 16.0. The predicted octanol–water partition coefficient (Wildman–Crippen LogP) is 2.41. The maximum Gasteiger partial charge on any atom is 0.490 e. The second kappa shape index (κ2) is 8.60. The standard InChI is InChI=1S/C16H19FN4O.C2HF3O2/c1-19(2)16(22)15-13-9-21(10-14(13)20(3)18-15)8-11-4-6-12(17)7-5-11;3-2(4,5)1(6)7/h4-7H,8-10H2,1-3H3;(H,6,7). The fourth-order valence-corrected chi connectivity index (χ4v) is 2.80. The van der Waals surface area contributed by atoms with E-state index in [9.17, 15) is 22.4 Å². The number of aliphatic carboxylic acids is 1. The van der Waals surface area contributed by atoms with E-state index in [0.29, 0.717) is 12.2 Å². The fraction of sp³-hybridized carbons (Fsp3) is 0.389. The van der Waals surface area contributed by atoms with Gasteiger partial charge in [-0.05, 0) is 17.7 Å². The molecule has 1 amide bonds. The average Bonchev–Trinajstić information content (AvgIpc) is 3.16. The molecule has 11 heteroatoms. The summed E-state index contributed by atoms with van der Waals surface area (Å²) in [5.74, 6) is -3.05. The summed E-state index contributed by atoms with van der Waals surface area (Å²) in [7, 11) is 5.33. The highest BCUT2D eigenvalue weighted by Crippen LogP contribution is 2.27. The van der Waals surface area contributed by atoms with Crippen molar-refractivity contribution in [3.8, 4) is 0 Å².